The van der Waals surface area contributed by atoms with Crippen LogP contribution in [-0.4, -0.2) is 25.5 Å². The quantitative estimate of drug-likeness (QED) is 0.297. The number of rotatable bonds is 7. The maximum absolute atomic E-state index is 12.8. The van der Waals surface area contributed by atoms with E-state index in [1.165, 1.54) is 10.9 Å². The van der Waals surface area contributed by atoms with E-state index in [1.54, 1.807) is 47.3 Å². The highest BCUT2D eigenvalue weighted by atomic mass is 79.9. The average Bonchev–Trinajstić information content (AvgIpc) is 3.36. The molecule has 0 saturated heterocycles. The van der Waals surface area contributed by atoms with Gasteiger partial charge >= 0.3 is 0 Å². The number of nitrogens with zero attached hydrogens (tertiary/aromatic N) is 4. The van der Waals surface area contributed by atoms with Gasteiger partial charge in [0.05, 0.1) is 16.0 Å². The Morgan fingerprint density at radius 3 is 2.69 bits per heavy atom. The van der Waals surface area contributed by atoms with Crippen molar-refractivity contribution in [3.8, 4) is 5.75 Å². The largest absolute Gasteiger partial charge is 0.470 e. The maximum Gasteiger partial charge on any atom is 0.275 e. The third kappa shape index (κ3) is 5.27. The maximum atomic E-state index is 12.8. The van der Waals surface area contributed by atoms with Crippen molar-refractivity contribution in [3.63, 3.8) is 0 Å². The van der Waals surface area contributed by atoms with Crippen LogP contribution in [0.15, 0.2) is 65.4 Å². The number of benzene rings is 2. The van der Waals surface area contributed by atoms with E-state index in [-0.39, 0.29) is 12.6 Å². The van der Waals surface area contributed by atoms with E-state index in [4.69, 9.17) is 39.5 Å². The Morgan fingerprint density at radius 1 is 1.09 bits per heavy atom. The van der Waals surface area contributed by atoms with Gasteiger partial charge < -0.3 is 10.1 Å². The fourth-order valence-electron chi connectivity index (χ4n) is 2.88. The molecule has 0 atom stereocenters. The first-order valence-electron chi connectivity index (χ1n) is 9.28. The zero-order chi connectivity index (χ0) is 22.7. The number of carbonyl (C=O) groups excluding carboxylic acids is 1. The molecule has 1 amide bonds. The molecule has 0 saturated carbocycles. The van der Waals surface area contributed by atoms with Crippen molar-refractivity contribution >= 4 is 62.5 Å². The highest BCUT2D eigenvalue weighted by Gasteiger charge is 2.17. The lowest BCUT2D eigenvalue weighted by Gasteiger charge is -2.10. The Kier molecular flexibility index (Phi) is 7.05. The minimum Gasteiger partial charge on any atom is -0.470 e. The van der Waals surface area contributed by atoms with Gasteiger partial charge in [-0.2, -0.15) is 10.2 Å². The molecule has 0 aliphatic carbocycles. The molecule has 0 unspecified atom stereocenters. The monoisotopic (exact) mass is 553 g/mol. The van der Waals surface area contributed by atoms with Crippen molar-refractivity contribution < 1.29 is 9.53 Å². The smallest absolute Gasteiger partial charge is 0.275 e. The predicted octanol–water partition coefficient (Wildman–Crippen LogP) is 6.14. The van der Waals surface area contributed by atoms with E-state index >= 15 is 0 Å². The normalized spacial score (nSPS) is 10.9. The molecule has 0 radical (unpaired) electrons. The molecule has 11 heteroatoms. The molecule has 4 aromatic rings. The zero-order valence-electron chi connectivity index (χ0n) is 16.3. The molecule has 2 heterocycles. The van der Waals surface area contributed by atoms with Crippen LogP contribution in [0.3, 0.4) is 0 Å². The van der Waals surface area contributed by atoms with E-state index in [0.717, 1.165) is 5.56 Å². The second-order valence-corrected chi connectivity index (χ2v) is 8.74. The number of halogens is 4. The summed E-state index contributed by atoms with van der Waals surface area (Å²) in [5.41, 5.74) is 1.15. The molecular weight excluding hydrogens is 541 g/mol. The third-order valence-electron chi connectivity index (χ3n) is 4.42. The van der Waals surface area contributed by atoms with Crippen LogP contribution in [0, 0.1) is 0 Å². The van der Waals surface area contributed by atoms with Crippen molar-refractivity contribution in [2.45, 2.75) is 13.3 Å². The van der Waals surface area contributed by atoms with Gasteiger partial charge in [0.15, 0.2) is 12.5 Å². The van der Waals surface area contributed by atoms with Crippen molar-refractivity contribution in [1.82, 2.24) is 19.6 Å². The third-order valence-corrected chi connectivity index (χ3v) is 5.90. The van der Waals surface area contributed by atoms with Crippen LogP contribution >= 0.6 is 50.7 Å². The van der Waals surface area contributed by atoms with E-state index in [2.05, 4.69) is 31.4 Å². The number of ether oxygens (including phenoxy) is 1. The summed E-state index contributed by atoms with van der Waals surface area (Å²) in [5, 5.41) is 12.9. The molecule has 0 aliphatic heterocycles. The fourth-order valence-corrected chi connectivity index (χ4v) is 3.95. The van der Waals surface area contributed by atoms with Crippen molar-refractivity contribution in [2.75, 3.05) is 5.32 Å². The molecule has 164 valence electrons. The number of nitrogens with one attached hydrogen (secondary N) is 1. The Morgan fingerprint density at radius 2 is 1.91 bits per heavy atom. The minimum absolute atomic E-state index is 0.0180. The molecule has 0 spiro atoms. The lowest BCUT2D eigenvalue weighted by Crippen LogP contribution is -2.20. The zero-order valence-corrected chi connectivity index (χ0v) is 20.2. The van der Waals surface area contributed by atoms with Gasteiger partial charge in [0.2, 0.25) is 0 Å². The summed E-state index contributed by atoms with van der Waals surface area (Å²) in [4.78, 5) is 12.8. The minimum atomic E-state index is -0.388. The van der Waals surface area contributed by atoms with Crippen molar-refractivity contribution in [2.24, 2.45) is 0 Å². The predicted molar refractivity (Wildman–Crippen MR) is 128 cm³/mol. The van der Waals surface area contributed by atoms with Crippen LogP contribution in [0.1, 0.15) is 16.1 Å². The molecule has 1 N–H and O–H groups in total. The first kappa shape index (κ1) is 22.7. The Labute approximate surface area is 207 Å². The summed E-state index contributed by atoms with van der Waals surface area (Å²) in [6, 6.07) is 13.9. The van der Waals surface area contributed by atoms with Crippen LogP contribution in [0.5, 0.6) is 5.75 Å². The van der Waals surface area contributed by atoms with Gasteiger partial charge in [-0.15, -0.1) is 0 Å². The summed E-state index contributed by atoms with van der Waals surface area (Å²) in [6.07, 6.45) is 3.26. The highest BCUT2D eigenvalue weighted by Crippen LogP contribution is 2.26. The Hall–Kier alpha value is -2.52. The average molecular weight is 556 g/mol. The summed E-state index contributed by atoms with van der Waals surface area (Å²) >= 11 is 21.7. The van der Waals surface area contributed by atoms with Gasteiger partial charge in [0, 0.05) is 22.4 Å². The number of para-hydroxylation sites is 1. The second kappa shape index (κ2) is 9.95. The summed E-state index contributed by atoms with van der Waals surface area (Å²) < 4.78 is 9.38. The van der Waals surface area contributed by atoms with Crippen molar-refractivity contribution in [1.29, 1.82) is 0 Å². The van der Waals surface area contributed by atoms with Crippen LogP contribution < -0.4 is 10.1 Å². The molecule has 32 heavy (non-hydrogen) atoms. The van der Waals surface area contributed by atoms with Gasteiger partial charge in [-0.3, -0.25) is 9.48 Å². The second-order valence-electron chi connectivity index (χ2n) is 6.63. The molecule has 0 bridgehead atoms. The Bertz CT molecular complexity index is 1270. The fraction of sp³-hybridized carbons (Fsp3) is 0.0952. The van der Waals surface area contributed by atoms with Crippen LogP contribution in [0.2, 0.25) is 15.1 Å². The number of hydrogen-bond donors (Lipinski definition) is 1. The van der Waals surface area contributed by atoms with Crippen LogP contribution in [-0.2, 0) is 13.3 Å². The molecule has 4 rings (SSSR count). The summed E-state index contributed by atoms with van der Waals surface area (Å²) in [6.45, 7) is 0.429. The molecule has 2 aromatic carbocycles. The molecule has 0 aliphatic rings. The lowest BCUT2D eigenvalue weighted by atomic mass is 10.2. The molecule has 2 aromatic heterocycles. The number of aromatic nitrogens is 4. The highest BCUT2D eigenvalue weighted by molar-refractivity contribution is 9.10. The van der Waals surface area contributed by atoms with E-state index < -0.39 is 0 Å². The van der Waals surface area contributed by atoms with Gasteiger partial charge in [0.1, 0.15) is 11.4 Å². The standard InChI is InChI=1S/C21H15BrCl3N5O2/c22-15-11-29(10-13-5-6-14(23)9-17(13)25)28-20(15)27-21(31)18-7-8-26-30(18)12-32-19-4-2-1-3-16(19)24/h1-9,11H,10,12H2,(H,27,28,31). The Balaban J connectivity index is 1.45. The molecule has 0 fully saturated rings. The van der Waals surface area contributed by atoms with Gasteiger partial charge in [-0.25, -0.2) is 4.68 Å². The van der Waals surface area contributed by atoms with E-state index in [9.17, 15) is 4.79 Å². The van der Waals surface area contributed by atoms with Crippen LogP contribution in [0.25, 0.3) is 0 Å². The number of amides is 1. The SMILES string of the molecule is O=C(Nc1nn(Cc2ccc(Cl)cc2Cl)cc1Br)c1ccnn1COc1ccccc1Cl. The summed E-state index contributed by atoms with van der Waals surface area (Å²) in [5.74, 6) is 0.471. The van der Waals surface area contributed by atoms with E-state index in [1.807, 2.05) is 12.1 Å². The van der Waals surface area contributed by atoms with Gasteiger partial charge in [-0.1, -0.05) is 53.0 Å². The molecule has 7 nitrogen and oxygen atoms in total. The van der Waals surface area contributed by atoms with Gasteiger partial charge in [-0.05, 0) is 51.8 Å². The van der Waals surface area contributed by atoms with E-state index in [0.29, 0.717) is 43.3 Å². The van der Waals surface area contributed by atoms with Crippen LogP contribution in [0.4, 0.5) is 5.82 Å². The molecular formula is C21H15BrCl3N5O2. The lowest BCUT2D eigenvalue weighted by molar-refractivity contribution is 0.100. The number of anilines is 1. The topological polar surface area (TPSA) is 74.0 Å². The number of hydrogen-bond acceptors (Lipinski definition) is 4. The number of carbonyl (C=O) groups is 1. The first-order valence-corrected chi connectivity index (χ1v) is 11.2. The summed E-state index contributed by atoms with van der Waals surface area (Å²) in [7, 11) is 0. The van der Waals surface area contributed by atoms with Gasteiger partial charge in [0.25, 0.3) is 5.91 Å². The first-order chi connectivity index (χ1) is 15.4. The van der Waals surface area contributed by atoms with Crippen molar-refractivity contribution in [3.05, 3.63) is 91.7 Å².